The summed E-state index contributed by atoms with van der Waals surface area (Å²) in [4.78, 5) is 37.0. The summed E-state index contributed by atoms with van der Waals surface area (Å²) in [6.45, 7) is 6.89. The van der Waals surface area contributed by atoms with Crippen LogP contribution in [-0.2, 0) is 16.1 Å². The van der Waals surface area contributed by atoms with Crippen molar-refractivity contribution in [2.75, 3.05) is 26.2 Å². The lowest BCUT2D eigenvalue weighted by molar-refractivity contribution is -0.140. The molecule has 0 unspecified atom stereocenters. The average molecular weight is 360 g/mol. The van der Waals surface area contributed by atoms with Gasteiger partial charge in [-0.3, -0.25) is 14.8 Å². The van der Waals surface area contributed by atoms with Crippen LogP contribution in [0.15, 0.2) is 12.4 Å². The van der Waals surface area contributed by atoms with Gasteiger partial charge in [0.15, 0.2) is 0 Å². The van der Waals surface area contributed by atoms with Crippen LogP contribution in [0.25, 0.3) is 0 Å². The standard InChI is InChI=1S/C19H28N4O3/c1-3-9-26-18(25)22-8-4-6-19(13-22)7-5-17(24)23(14-19)12-16-11-20-15(2)10-21-16/h10-11H,3-9,12-14H2,1-2H3/t19-/m1/s1. The molecule has 1 aromatic heterocycles. The van der Waals surface area contributed by atoms with Crippen molar-refractivity contribution in [1.82, 2.24) is 19.8 Å². The first-order chi connectivity index (χ1) is 12.5. The van der Waals surface area contributed by atoms with Gasteiger partial charge in [-0.25, -0.2) is 4.79 Å². The second kappa shape index (κ2) is 8.01. The molecule has 7 heteroatoms. The minimum atomic E-state index is -0.223. The highest BCUT2D eigenvalue weighted by molar-refractivity contribution is 5.77. The summed E-state index contributed by atoms with van der Waals surface area (Å²) in [5.41, 5.74) is 1.63. The van der Waals surface area contributed by atoms with Crippen LogP contribution in [0.4, 0.5) is 4.79 Å². The van der Waals surface area contributed by atoms with Crippen molar-refractivity contribution >= 4 is 12.0 Å². The maximum atomic E-state index is 12.4. The predicted octanol–water partition coefficient (Wildman–Crippen LogP) is 2.54. The molecule has 2 aliphatic heterocycles. The SMILES string of the molecule is CCCOC(=O)N1CCC[C@@]2(CCC(=O)N(Cc3cnc(C)cn3)C2)C1. The number of hydrogen-bond donors (Lipinski definition) is 0. The monoisotopic (exact) mass is 360 g/mol. The fourth-order valence-corrected chi connectivity index (χ4v) is 3.92. The fraction of sp³-hybridized carbons (Fsp3) is 0.684. The number of ether oxygens (including phenoxy) is 1. The molecular weight excluding hydrogens is 332 g/mol. The van der Waals surface area contributed by atoms with E-state index >= 15 is 0 Å². The summed E-state index contributed by atoms with van der Waals surface area (Å²) < 4.78 is 5.31. The van der Waals surface area contributed by atoms with E-state index in [1.54, 1.807) is 12.4 Å². The molecule has 2 saturated heterocycles. The number of likely N-dealkylation sites (tertiary alicyclic amines) is 2. The Labute approximate surface area is 154 Å². The molecule has 3 rings (SSSR count). The van der Waals surface area contributed by atoms with Gasteiger partial charge in [-0.15, -0.1) is 0 Å². The van der Waals surface area contributed by atoms with Crippen LogP contribution in [0, 0.1) is 12.3 Å². The highest BCUT2D eigenvalue weighted by Gasteiger charge is 2.43. The van der Waals surface area contributed by atoms with E-state index in [9.17, 15) is 9.59 Å². The summed E-state index contributed by atoms with van der Waals surface area (Å²) in [6, 6.07) is 0. The zero-order valence-corrected chi connectivity index (χ0v) is 15.7. The van der Waals surface area contributed by atoms with Crippen LogP contribution in [0.5, 0.6) is 0 Å². The molecule has 26 heavy (non-hydrogen) atoms. The third-order valence-corrected chi connectivity index (χ3v) is 5.28. The Morgan fingerprint density at radius 2 is 2.12 bits per heavy atom. The highest BCUT2D eigenvalue weighted by Crippen LogP contribution is 2.39. The van der Waals surface area contributed by atoms with E-state index in [-0.39, 0.29) is 17.4 Å². The first-order valence-corrected chi connectivity index (χ1v) is 9.48. The van der Waals surface area contributed by atoms with Crippen LogP contribution in [0.2, 0.25) is 0 Å². The summed E-state index contributed by atoms with van der Waals surface area (Å²) in [7, 11) is 0. The molecule has 0 saturated carbocycles. The molecule has 2 aliphatic rings. The zero-order chi connectivity index (χ0) is 18.6. The van der Waals surface area contributed by atoms with Crippen molar-refractivity contribution in [3.63, 3.8) is 0 Å². The lowest BCUT2D eigenvalue weighted by atomic mass is 9.73. The molecule has 1 aromatic rings. The molecule has 0 N–H and O–H groups in total. The topological polar surface area (TPSA) is 75.6 Å². The zero-order valence-electron chi connectivity index (χ0n) is 15.7. The summed E-state index contributed by atoms with van der Waals surface area (Å²) >= 11 is 0. The van der Waals surface area contributed by atoms with Crippen LogP contribution >= 0.6 is 0 Å². The molecule has 3 heterocycles. The number of hydrogen-bond acceptors (Lipinski definition) is 5. The predicted molar refractivity (Wildman–Crippen MR) is 96.3 cm³/mol. The van der Waals surface area contributed by atoms with Crippen molar-refractivity contribution in [3.05, 3.63) is 23.8 Å². The van der Waals surface area contributed by atoms with E-state index in [0.717, 1.165) is 43.6 Å². The Hall–Kier alpha value is -2.18. The van der Waals surface area contributed by atoms with Crippen molar-refractivity contribution in [2.45, 2.75) is 52.5 Å². The molecule has 0 radical (unpaired) electrons. The van der Waals surface area contributed by atoms with Gasteiger partial charge in [0, 0.05) is 37.7 Å². The Bertz CT molecular complexity index is 649. The van der Waals surface area contributed by atoms with Crippen LogP contribution in [0.1, 0.15) is 50.4 Å². The minimum Gasteiger partial charge on any atom is -0.449 e. The number of aromatic nitrogens is 2. The Kier molecular flexibility index (Phi) is 5.74. The quantitative estimate of drug-likeness (QED) is 0.825. The van der Waals surface area contributed by atoms with Gasteiger partial charge in [0.05, 0.1) is 30.7 Å². The summed E-state index contributed by atoms with van der Waals surface area (Å²) in [5, 5.41) is 0. The Balaban J connectivity index is 1.66. The lowest BCUT2D eigenvalue weighted by Crippen LogP contribution is -2.55. The molecule has 142 valence electrons. The fourth-order valence-electron chi connectivity index (χ4n) is 3.92. The van der Waals surface area contributed by atoms with Gasteiger partial charge in [-0.1, -0.05) is 6.92 Å². The molecule has 0 aliphatic carbocycles. The van der Waals surface area contributed by atoms with Gasteiger partial charge in [0.25, 0.3) is 0 Å². The number of rotatable bonds is 4. The maximum Gasteiger partial charge on any atom is 0.409 e. The Morgan fingerprint density at radius 3 is 2.85 bits per heavy atom. The first-order valence-electron chi connectivity index (χ1n) is 9.48. The second-order valence-electron chi connectivity index (χ2n) is 7.54. The van der Waals surface area contributed by atoms with Crippen LogP contribution in [-0.4, -0.2) is 58.0 Å². The van der Waals surface area contributed by atoms with E-state index in [2.05, 4.69) is 9.97 Å². The summed E-state index contributed by atoms with van der Waals surface area (Å²) in [6.07, 6.45) is 7.41. The molecule has 7 nitrogen and oxygen atoms in total. The van der Waals surface area contributed by atoms with E-state index in [1.165, 1.54) is 0 Å². The van der Waals surface area contributed by atoms with E-state index in [4.69, 9.17) is 4.74 Å². The smallest absolute Gasteiger partial charge is 0.409 e. The van der Waals surface area contributed by atoms with Crippen molar-refractivity contribution < 1.29 is 14.3 Å². The van der Waals surface area contributed by atoms with Gasteiger partial charge in [0.2, 0.25) is 5.91 Å². The van der Waals surface area contributed by atoms with Crippen LogP contribution < -0.4 is 0 Å². The van der Waals surface area contributed by atoms with E-state index in [1.807, 2.05) is 23.6 Å². The van der Waals surface area contributed by atoms with Gasteiger partial charge < -0.3 is 14.5 Å². The summed E-state index contributed by atoms with van der Waals surface area (Å²) in [5.74, 6) is 0.156. The molecule has 0 bridgehead atoms. The molecular formula is C19H28N4O3. The van der Waals surface area contributed by atoms with Gasteiger partial charge >= 0.3 is 6.09 Å². The number of piperidine rings is 2. The van der Waals surface area contributed by atoms with Crippen molar-refractivity contribution in [2.24, 2.45) is 5.41 Å². The number of nitrogens with zero attached hydrogens (tertiary/aromatic N) is 4. The highest BCUT2D eigenvalue weighted by atomic mass is 16.6. The number of amides is 2. The normalized spacial score (nSPS) is 23.4. The van der Waals surface area contributed by atoms with Crippen molar-refractivity contribution in [3.8, 4) is 0 Å². The van der Waals surface area contributed by atoms with Gasteiger partial charge in [-0.2, -0.15) is 0 Å². The van der Waals surface area contributed by atoms with Gasteiger partial charge in [0.1, 0.15) is 0 Å². The van der Waals surface area contributed by atoms with Gasteiger partial charge in [-0.05, 0) is 32.6 Å². The lowest BCUT2D eigenvalue weighted by Gasteiger charge is -2.47. The van der Waals surface area contributed by atoms with E-state index < -0.39 is 0 Å². The molecule has 1 atom stereocenters. The Morgan fingerprint density at radius 1 is 1.27 bits per heavy atom. The average Bonchev–Trinajstić information content (AvgIpc) is 2.65. The molecule has 2 fully saturated rings. The number of aryl methyl sites for hydroxylation is 1. The number of carbonyl (C=O) groups is 2. The third-order valence-electron chi connectivity index (χ3n) is 5.28. The first kappa shape index (κ1) is 18.6. The minimum absolute atomic E-state index is 0.0322. The van der Waals surface area contributed by atoms with Crippen molar-refractivity contribution in [1.29, 1.82) is 0 Å². The maximum absolute atomic E-state index is 12.4. The van der Waals surface area contributed by atoms with Crippen LogP contribution in [0.3, 0.4) is 0 Å². The second-order valence-corrected chi connectivity index (χ2v) is 7.54. The largest absolute Gasteiger partial charge is 0.449 e. The third kappa shape index (κ3) is 4.31. The molecule has 1 spiro atoms. The number of carbonyl (C=O) groups excluding carboxylic acids is 2. The molecule has 0 aromatic carbocycles. The van der Waals surface area contributed by atoms with E-state index in [0.29, 0.717) is 32.7 Å². The molecule has 2 amide bonds.